The van der Waals surface area contributed by atoms with E-state index in [2.05, 4.69) is 5.32 Å². The van der Waals surface area contributed by atoms with Gasteiger partial charge in [0.05, 0.1) is 15.9 Å². The van der Waals surface area contributed by atoms with Gasteiger partial charge in [0.2, 0.25) is 15.9 Å². The van der Waals surface area contributed by atoms with Gasteiger partial charge in [0, 0.05) is 19.7 Å². The van der Waals surface area contributed by atoms with Gasteiger partial charge in [-0.3, -0.25) is 4.79 Å². The van der Waals surface area contributed by atoms with E-state index in [1.165, 1.54) is 38.2 Å². The summed E-state index contributed by atoms with van der Waals surface area (Å²) in [6, 6.07) is 5.30. The number of carbonyl (C=O) groups is 1. The van der Waals surface area contributed by atoms with E-state index in [0.717, 1.165) is 4.31 Å². The van der Waals surface area contributed by atoms with Gasteiger partial charge in [-0.1, -0.05) is 12.2 Å². The molecule has 0 saturated carbocycles. The van der Waals surface area contributed by atoms with E-state index in [1.807, 2.05) is 0 Å². The zero-order valence-electron chi connectivity index (χ0n) is 11.5. The molecule has 0 radical (unpaired) electrons. The fourth-order valence-electron chi connectivity index (χ4n) is 1.47. The second-order valence-corrected chi connectivity index (χ2v) is 6.77. The average molecular weight is 315 g/mol. The molecule has 0 saturated heterocycles. The van der Waals surface area contributed by atoms with Crippen LogP contribution in [0.5, 0.6) is 0 Å². The number of amides is 1. The summed E-state index contributed by atoms with van der Waals surface area (Å²) in [4.78, 5) is 11.1. The molecule has 0 aliphatic heterocycles. The van der Waals surface area contributed by atoms with Crippen LogP contribution in [0.3, 0.4) is 0 Å². The van der Waals surface area contributed by atoms with Gasteiger partial charge in [0.25, 0.3) is 0 Å². The number of anilines is 1. The van der Waals surface area contributed by atoms with Gasteiger partial charge in [-0.15, -0.1) is 0 Å². The van der Waals surface area contributed by atoms with Crippen molar-refractivity contribution in [1.29, 1.82) is 0 Å². The predicted molar refractivity (Wildman–Crippen MR) is 81.9 cm³/mol. The number of rotatable bonds is 5. The minimum atomic E-state index is -3.68. The van der Waals surface area contributed by atoms with Crippen LogP contribution in [0.2, 0.25) is 0 Å². The first-order chi connectivity index (χ1) is 9.16. The van der Waals surface area contributed by atoms with Crippen molar-refractivity contribution in [3.8, 4) is 0 Å². The standard InChI is InChI=1S/C12H17N3O3S2/c1-8(12(13)19)15(3)20(17,18)11-6-4-10(5-7-11)14-9(2)16/h4-8H,1-3H3,(H2,13,19)(H,14,16). The van der Waals surface area contributed by atoms with Crippen molar-refractivity contribution in [2.75, 3.05) is 12.4 Å². The monoisotopic (exact) mass is 315 g/mol. The molecule has 1 amide bonds. The molecule has 3 N–H and O–H groups in total. The van der Waals surface area contributed by atoms with Crippen LogP contribution >= 0.6 is 12.2 Å². The van der Waals surface area contributed by atoms with Crippen molar-refractivity contribution in [2.45, 2.75) is 24.8 Å². The third kappa shape index (κ3) is 3.75. The van der Waals surface area contributed by atoms with Crippen LogP contribution in [-0.2, 0) is 14.8 Å². The summed E-state index contributed by atoms with van der Waals surface area (Å²) in [5, 5.41) is 2.57. The normalized spacial score (nSPS) is 13.0. The summed E-state index contributed by atoms with van der Waals surface area (Å²) in [5.41, 5.74) is 6.00. The molecule has 1 unspecified atom stereocenters. The fraction of sp³-hybridized carbons (Fsp3) is 0.333. The maximum absolute atomic E-state index is 12.3. The highest BCUT2D eigenvalue weighted by Gasteiger charge is 2.26. The summed E-state index contributed by atoms with van der Waals surface area (Å²) in [6.07, 6.45) is 0. The molecule has 8 heteroatoms. The fourth-order valence-corrected chi connectivity index (χ4v) is 3.03. The summed E-state index contributed by atoms with van der Waals surface area (Å²) in [6.45, 7) is 2.99. The Morgan fingerprint density at radius 3 is 2.25 bits per heavy atom. The number of nitrogens with zero attached hydrogens (tertiary/aromatic N) is 1. The highest BCUT2D eigenvalue weighted by Crippen LogP contribution is 2.19. The Balaban J connectivity index is 3.04. The van der Waals surface area contributed by atoms with Gasteiger partial charge in [-0.25, -0.2) is 8.42 Å². The maximum Gasteiger partial charge on any atom is 0.243 e. The lowest BCUT2D eigenvalue weighted by atomic mass is 10.3. The van der Waals surface area contributed by atoms with Gasteiger partial charge in [-0.2, -0.15) is 4.31 Å². The second-order valence-electron chi connectivity index (χ2n) is 4.31. The Labute approximate surface area is 124 Å². The van der Waals surface area contributed by atoms with Crippen LogP contribution in [0.1, 0.15) is 13.8 Å². The molecule has 20 heavy (non-hydrogen) atoms. The summed E-state index contributed by atoms with van der Waals surface area (Å²) >= 11 is 4.81. The molecule has 0 fully saturated rings. The SMILES string of the molecule is CC(=O)Nc1ccc(S(=O)(=O)N(C)C(C)C(N)=S)cc1. The first-order valence-corrected chi connectivity index (χ1v) is 7.66. The zero-order valence-corrected chi connectivity index (χ0v) is 13.1. The number of sulfonamides is 1. The second kappa shape index (κ2) is 6.29. The molecule has 0 aromatic heterocycles. The van der Waals surface area contributed by atoms with Crippen molar-refractivity contribution in [3.63, 3.8) is 0 Å². The molecule has 0 aliphatic rings. The van der Waals surface area contributed by atoms with Crippen LogP contribution in [0.15, 0.2) is 29.2 Å². The molecule has 1 atom stereocenters. The lowest BCUT2D eigenvalue weighted by Gasteiger charge is -2.23. The molecule has 6 nitrogen and oxygen atoms in total. The number of hydrogen-bond acceptors (Lipinski definition) is 4. The first kappa shape index (κ1) is 16.5. The Morgan fingerprint density at radius 1 is 1.35 bits per heavy atom. The molecular weight excluding hydrogens is 298 g/mol. The minimum Gasteiger partial charge on any atom is -0.392 e. The molecule has 1 rings (SSSR count). The number of likely N-dealkylation sites (N-methyl/N-ethyl adjacent to an activating group) is 1. The Hall–Kier alpha value is -1.51. The molecule has 0 aliphatic carbocycles. The molecule has 0 bridgehead atoms. The van der Waals surface area contributed by atoms with E-state index in [-0.39, 0.29) is 15.8 Å². The van der Waals surface area contributed by atoms with E-state index >= 15 is 0 Å². The number of thiocarbonyl (C=S) groups is 1. The van der Waals surface area contributed by atoms with Crippen LogP contribution in [-0.4, -0.2) is 36.7 Å². The van der Waals surface area contributed by atoms with Crippen molar-refractivity contribution < 1.29 is 13.2 Å². The minimum absolute atomic E-state index is 0.103. The van der Waals surface area contributed by atoms with E-state index in [9.17, 15) is 13.2 Å². The van der Waals surface area contributed by atoms with E-state index in [0.29, 0.717) is 5.69 Å². The van der Waals surface area contributed by atoms with Crippen LogP contribution in [0, 0.1) is 0 Å². The lowest BCUT2D eigenvalue weighted by molar-refractivity contribution is -0.114. The number of nitrogens with one attached hydrogen (secondary N) is 1. The van der Waals surface area contributed by atoms with Crippen molar-refractivity contribution in [2.24, 2.45) is 5.73 Å². The maximum atomic E-state index is 12.3. The highest BCUT2D eigenvalue weighted by molar-refractivity contribution is 7.89. The number of benzene rings is 1. The third-order valence-corrected chi connectivity index (χ3v) is 5.09. The van der Waals surface area contributed by atoms with Crippen LogP contribution in [0.25, 0.3) is 0 Å². The molecular formula is C12H17N3O3S2. The molecule has 1 aromatic rings. The first-order valence-electron chi connectivity index (χ1n) is 5.81. The number of hydrogen-bond donors (Lipinski definition) is 2. The van der Waals surface area contributed by atoms with Gasteiger partial charge in [-0.05, 0) is 31.2 Å². The molecule has 0 spiro atoms. The van der Waals surface area contributed by atoms with E-state index < -0.39 is 16.1 Å². The quantitative estimate of drug-likeness (QED) is 0.789. The molecule has 0 heterocycles. The number of carbonyl (C=O) groups excluding carboxylic acids is 1. The highest BCUT2D eigenvalue weighted by atomic mass is 32.2. The van der Waals surface area contributed by atoms with Crippen molar-refractivity contribution >= 4 is 38.8 Å². The summed E-state index contributed by atoms with van der Waals surface area (Å²) in [7, 11) is -2.26. The lowest BCUT2D eigenvalue weighted by Crippen LogP contribution is -2.42. The van der Waals surface area contributed by atoms with Gasteiger partial charge >= 0.3 is 0 Å². The predicted octanol–water partition coefficient (Wildman–Crippen LogP) is 0.940. The zero-order chi connectivity index (χ0) is 15.5. The van der Waals surface area contributed by atoms with Gasteiger partial charge in [0.15, 0.2) is 0 Å². The Morgan fingerprint density at radius 2 is 1.85 bits per heavy atom. The topological polar surface area (TPSA) is 92.5 Å². The van der Waals surface area contributed by atoms with Gasteiger partial charge in [0.1, 0.15) is 0 Å². The smallest absolute Gasteiger partial charge is 0.243 e. The largest absolute Gasteiger partial charge is 0.392 e. The van der Waals surface area contributed by atoms with Crippen molar-refractivity contribution in [1.82, 2.24) is 4.31 Å². The summed E-state index contributed by atoms with van der Waals surface area (Å²) in [5.74, 6) is -0.222. The average Bonchev–Trinajstić information content (AvgIpc) is 2.36. The number of nitrogens with two attached hydrogens (primary N) is 1. The van der Waals surface area contributed by atoms with Gasteiger partial charge < -0.3 is 11.1 Å². The molecule has 1 aromatic carbocycles. The van der Waals surface area contributed by atoms with Crippen LogP contribution < -0.4 is 11.1 Å². The van der Waals surface area contributed by atoms with Crippen molar-refractivity contribution in [3.05, 3.63) is 24.3 Å². The third-order valence-electron chi connectivity index (χ3n) is 2.81. The molecule has 110 valence electrons. The van der Waals surface area contributed by atoms with E-state index in [4.69, 9.17) is 18.0 Å². The van der Waals surface area contributed by atoms with E-state index in [1.54, 1.807) is 6.92 Å². The summed E-state index contributed by atoms with van der Waals surface area (Å²) < 4.78 is 25.8. The Bertz CT molecular complexity index is 611. The van der Waals surface area contributed by atoms with Crippen LogP contribution in [0.4, 0.5) is 5.69 Å². The Kier molecular flexibility index (Phi) is 5.21.